The van der Waals surface area contributed by atoms with E-state index in [4.69, 9.17) is 10.6 Å². The van der Waals surface area contributed by atoms with Gasteiger partial charge in [-0.05, 0) is 31.9 Å². The molecule has 2 aromatic heterocycles. The maximum atomic E-state index is 14.3. The maximum absolute atomic E-state index is 14.3. The summed E-state index contributed by atoms with van der Waals surface area (Å²) in [4.78, 5) is 76.7. The molecule has 3 aliphatic rings. The van der Waals surface area contributed by atoms with Crippen LogP contribution in [-0.2, 0) is 29.6 Å². The summed E-state index contributed by atoms with van der Waals surface area (Å²) < 4.78 is 0. The Morgan fingerprint density at radius 1 is 0.966 bits per heavy atom. The number of allylic oxidation sites excluding steroid dienone is 1. The topological polar surface area (TPSA) is 193 Å². The monoisotopic (exact) mass is 812 g/mol. The Morgan fingerprint density at radius 3 is 2.14 bits per heavy atom. The van der Waals surface area contributed by atoms with Crippen molar-refractivity contribution in [2.75, 3.05) is 22.9 Å². The summed E-state index contributed by atoms with van der Waals surface area (Å²) >= 11 is 2.38. The van der Waals surface area contributed by atoms with E-state index >= 15 is 0 Å². The Labute approximate surface area is 341 Å². The lowest BCUT2D eigenvalue weighted by Crippen LogP contribution is -2.71. The lowest BCUT2D eigenvalue weighted by molar-refractivity contribution is -0.150. The highest BCUT2D eigenvalue weighted by molar-refractivity contribution is 8.00. The van der Waals surface area contributed by atoms with Crippen LogP contribution < -0.4 is 16.0 Å². The van der Waals surface area contributed by atoms with Crippen molar-refractivity contribution < 1.29 is 29.1 Å². The number of hydrogen-bond acceptors (Lipinski definition) is 12. The number of benzene rings is 3. The van der Waals surface area contributed by atoms with Crippen molar-refractivity contribution in [3.8, 4) is 0 Å². The van der Waals surface area contributed by atoms with Gasteiger partial charge in [0.05, 0.1) is 17.6 Å². The fourth-order valence-electron chi connectivity index (χ4n) is 7.37. The minimum Gasteiger partial charge on any atom is -0.477 e. The zero-order valence-corrected chi connectivity index (χ0v) is 32.9. The number of β-lactam (4-membered cyclic amide) rings is 1. The van der Waals surface area contributed by atoms with Crippen LogP contribution in [0, 0.1) is 13.8 Å². The summed E-state index contributed by atoms with van der Waals surface area (Å²) in [6.07, 6.45) is 3.50. The van der Waals surface area contributed by atoms with Gasteiger partial charge in [0.15, 0.2) is 16.7 Å². The molecule has 292 valence electrons. The predicted octanol–water partition coefficient (Wildman–Crippen LogP) is 4.95. The minimum absolute atomic E-state index is 0.130. The van der Waals surface area contributed by atoms with E-state index in [1.54, 1.807) is 24.6 Å². The highest BCUT2D eigenvalue weighted by atomic mass is 32.2. The fraction of sp³-hybridized carbons (Fsp3) is 0.190. The number of aromatic nitrogens is 3. The number of hydrogen-bond donors (Lipinski definition) is 3. The Balaban J connectivity index is 1.09. The zero-order valence-electron chi connectivity index (χ0n) is 31.2. The smallest absolute Gasteiger partial charge is 0.352 e. The summed E-state index contributed by atoms with van der Waals surface area (Å²) in [6, 6.07) is 27.4. The van der Waals surface area contributed by atoms with Gasteiger partial charge in [-0.1, -0.05) is 96.2 Å². The SMILES string of the molecule is Cc1cnc(N2CCC(=CC3=C(C(=O)O)N4C(=O)[C@@H](NC(=O)C(=NOC(c5ccccc5)(c5ccccc5)c5ccccc5)c5csc(N)n5)[C@H]4SC3)C2=O)c(C)n1. The second kappa shape index (κ2) is 15.7. The zero-order chi connectivity index (χ0) is 40.6. The largest absolute Gasteiger partial charge is 0.477 e. The highest BCUT2D eigenvalue weighted by Gasteiger charge is 2.54. The Hall–Kier alpha value is -6.65. The van der Waals surface area contributed by atoms with Gasteiger partial charge in [-0.25, -0.2) is 14.8 Å². The summed E-state index contributed by atoms with van der Waals surface area (Å²) in [5.41, 5.74) is 8.60. The van der Waals surface area contributed by atoms with Crippen LogP contribution in [0.25, 0.3) is 0 Å². The molecular formula is C42H36N8O6S2. The van der Waals surface area contributed by atoms with E-state index in [1.165, 1.54) is 16.7 Å². The molecule has 0 bridgehead atoms. The van der Waals surface area contributed by atoms with Gasteiger partial charge in [0.25, 0.3) is 17.7 Å². The number of nitrogens with one attached hydrogen (secondary N) is 1. The summed E-state index contributed by atoms with van der Waals surface area (Å²) in [7, 11) is 0. The number of thioether (sulfide) groups is 1. The van der Waals surface area contributed by atoms with Crippen LogP contribution in [0.4, 0.5) is 10.9 Å². The quantitative estimate of drug-likeness (QED) is 0.0538. The number of anilines is 2. The molecular weight excluding hydrogens is 777 g/mol. The number of oxime groups is 1. The van der Waals surface area contributed by atoms with Crippen LogP contribution in [0.5, 0.6) is 0 Å². The summed E-state index contributed by atoms with van der Waals surface area (Å²) in [5.74, 6) is -2.42. The van der Waals surface area contributed by atoms with Gasteiger partial charge in [0, 0.05) is 39.9 Å². The molecule has 0 unspecified atom stereocenters. The first-order valence-electron chi connectivity index (χ1n) is 18.3. The lowest BCUT2D eigenvalue weighted by atomic mass is 9.80. The van der Waals surface area contributed by atoms with Gasteiger partial charge >= 0.3 is 5.97 Å². The minimum atomic E-state index is -1.33. The molecule has 2 fully saturated rings. The molecule has 4 N–H and O–H groups in total. The van der Waals surface area contributed by atoms with Crippen LogP contribution in [-0.4, -0.2) is 78.1 Å². The molecule has 8 rings (SSSR count). The molecule has 58 heavy (non-hydrogen) atoms. The van der Waals surface area contributed by atoms with Crippen molar-refractivity contribution in [3.05, 3.63) is 159 Å². The number of thiazole rings is 1. The third-order valence-electron chi connectivity index (χ3n) is 10.1. The number of carboxylic acids is 1. The first-order valence-corrected chi connectivity index (χ1v) is 20.2. The average molecular weight is 813 g/mol. The number of amides is 3. The predicted molar refractivity (Wildman–Crippen MR) is 220 cm³/mol. The van der Waals surface area contributed by atoms with Crippen LogP contribution in [0.2, 0.25) is 0 Å². The molecule has 5 heterocycles. The average Bonchev–Trinajstić information content (AvgIpc) is 3.83. The number of fused-ring (bicyclic) bond motifs is 1. The summed E-state index contributed by atoms with van der Waals surface area (Å²) in [5, 5.41) is 18.7. The molecule has 3 aromatic carbocycles. The molecule has 14 nitrogen and oxygen atoms in total. The molecule has 3 aliphatic heterocycles. The van der Waals surface area contributed by atoms with E-state index in [-0.39, 0.29) is 33.9 Å². The molecule has 3 amide bonds. The van der Waals surface area contributed by atoms with Gasteiger partial charge in [-0.15, -0.1) is 23.1 Å². The van der Waals surface area contributed by atoms with Crippen molar-refractivity contribution in [2.45, 2.75) is 37.3 Å². The lowest BCUT2D eigenvalue weighted by Gasteiger charge is -2.49. The van der Waals surface area contributed by atoms with Crippen molar-refractivity contribution in [1.29, 1.82) is 0 Å². The molecule has 2 atom stereocenters. The number of carbonyl (C=O) groups is 4. The number of carbonyl (C=O) groups excluding carboxylic acids is 3. The van der Waals surface area contributed by atoms with Gasteiger partial charge in [-0.3, -0.25) is 29.2 Å². The number of aliphatic carboxylic acids is 1. The number of aryl methyl sites for hydroxylation is 2. The second-order valence-corrected chi connectivity index (χ2v) is 15.7. The number of nitrogens with two attached hydrogens (primary N) is 1. The molecule has 2 saturated heterocycles. The van der Waals surface area contributed by atoms with Crippen molar-refractivity contribution in [1.82, 2.24) is 25.2 Å². The first-order chi connectivity index (χ1) is 28.1. The van der Waals surface area contributed by atoms with Crippen LogP contribution in [0.3, 0.4) is 0 Å². The standard InChI is InChI=1S/C42H36N8O6S2/c1-24-21-44-35(25(2)45-24)49-19-18-26(37(49)52)20-27-22-57-39-33(38(53)50(39)34(27)40(54)55)47-36(51)32(31-23-58-41(43)46-31)48-56-42(28-12-6-3-7-13-28,29-14-8-4-9-15-29)30-16-10-5-11-17-30/h3-17,20-21,23,33,39H,18-19,22H2,1-2H3,(H2,43,46)(H,47,51)(H,54,55)/t33-,39-/m1/s1. The van der Waals surface area contributed by atoms with Crippen LogP contribution in [0.15, 0.2) is 131 Å². The summed E-state index contributed by atoms with van der Waals surface area (Å²) in [6.45, 7) is 3.95. The molecule has 5 aromatic rings. The van der Waals surface area contributed by atoms with Gasteiger partial charge in [0.1, 0.15) is 22.8 Å². The second-order valence-electron chi connectivity index (χ2n) is 13.7. The van der Waals surface area contributed by atoms with E-state index in [1.807, 2.05) is 97.9 Å². The van der Waals surface area contributed by atoms with Gasteiger partial charge in [-0.2, -0.15) is 0 Å². The number of rotatable bonds is 11. The molecule has 0 saturated carbocycles. The Kier molecular flexibility index (Phi) is 10.4. The van der Waals surface area contributed by atoms with E-state index in [0.29, 0.717) is 35.6 Å². The first kappa shape index (κ1) is 38.2. The maximum Gasteiger partial charge on any atom is 0.352 e. The number of carboxylic acid groups (broad SMARTS) is 1. The third-order valence-corrected chi connectivity index (χ3v) is 12.0. The number of nitrogens with zero attached hydrogens (tertiary/aromatic N) is 6. The van der Waals surface area contributed by atoms with E-state index < -0.39 is 34.8 Å². The van der Waals surface area contributed by atoms with E-state index in [2.05, 4.69) is 25.4 Å². The van der Waals surface area contributed by atoms with Crippen molar-refractivity contribution in [3.63, 3.8) is 0 Å². The number of nitrogen functional groups attached to an aromatic ring is 1. The van der Waals surface area contributed by atoms with Crippen molar-refractivity contribution >= 4 is 63.5 Å². The Morgan fingerprint density at radius 2 is 1.59 bits per heavy atom. The van der Waals surface area contributed by atoms with Gasteiger partial charge in [0.2, 0.25) is 5.60 Å². The molecule has 16 heteroatoms. The molecule has 0 spiro atoms. The molecule has 0 radical (unpaired) electrons. The van der Waals surface area contributed by atoms with E-state index in [9.17, 15) is 24.3 Å². The van der Waals surface area contributed by atoms with E-state index in [0.717, 1.165) is 38.6 Å². The normalized spacial score (nSPS) is 18.9. The fourth-order valence-corrected chi connectivity index (χ4v) is 9.23. The highest BCUT2D eigenvalue weighted by Crippen LogP contribution is 2.43. The van der Waals surface area contributed by atoms with Crippen molar-refractivity contribution in [2.24, 2.45) is 5.16 Å². The van der Waals surface area contributed by atoms with Gasteiger partial charge < -0.3 is 21.0 Å². The Bertz CT molecular complexity index is 2430. The van der Waals surface area contributed by atoms with Crippen LogP contribution in [0.1, 0.15) is 40.2 Å². The van der Waals surface area contributed by atoms with Crippen LogP contribution >= 0.6 is 23.1 Å². The third kappa shape index (κ3) is 6.90. The molecule has 0 aliphatic carbocycles.